The van der Waals surface area contributed by atoms with Gasteiger partial charge in [-0.25, -0.2) is 9.18 Å². The van der Waals surface area contributed by atoms with E-state index in [1.165, 1.54) is 26.0 Å². The fourth-order valence-electron chi connectivity index (χ4n) is 5.35. The molecule has 3 amide bonds. The van der Waals surface area contributed by atoms with Crippen molar-refractivity contribution in [1.29, 1.82) is 0 Å². The van der Waals surface area contributed by atoms with Gasteiger partial charge in [0.25, 0.3) is 5.91 Å². The first-order valence-corrected chi connectivity index (χ1v) is 16.3. The number of amides is 3. The summed E-state index contributed by atoms with van der Waals surface area (Å²) >= 11 is 0. The minimum absolute atomic E-state index is 0.0602. The number of rotatable bonds is 15. The van der Waals surface area contributed by atoms with Crippen molar-refractivity contribution in [1.82, 2.24) is 10.2 Å². The summed E-state index contributed by atoms with van der Waals surface area (Å²) in [6, 6.07) is 13.9. The fourth-order valence-corrected chi connectivity index (χ4v) is 5.35. The molecule has 1 unspecified atom stereocenters. The lowest BCUT2D eigenvalue weighted by molar-refractivity contribution is 0.0991. The summed E-state index contributed by atoms with van der Waals surface area (Å²) in [5.41, 5.74) is 1.94. The summed E-state index contributed by atoms with van der Waals surface area (Å²) in [6.07, 6.45) is 5.29. The smallest absolute Gasteiger partial charge is 0.319 e. The van der Waals surface area contributed by atoms with E-state index in [-0.39, 0.29) is 35.2 Å². The number of carbonyl (C=O) groups is 2. The van der Waals surface area contributed by atoms with Gasteiger partial charge in [0.1, 0.15) is 17.6 Å². The number of hydrogen-bond acceptors (Lipinski definition) is 7. The van der Waals surface area contributed by atoms with Crippen LogP contribution in [0.5, 0.6) is 23.0 Å². The van der Waals surface area contributed by atoms with Gasteiger partial charge in [-0.15, -0.1) is 0 Å². The molecule has 0 saturated carbocycles. The summed E-state index contributed by atoms with van der Waals surface area (Å²) in [5.74, 6) is 0.612. The molecule has 3 aromatic rings. The van der Waals surface area contributed by atoms with Crippen molar-refractivity contribution in [3.05, 3.63) is 71.5 Å². The predicted molar refractivity (Wildman–Crippen MR) is 182 cm³/mol. The van der Waals surface area contributed by atoms with Gasteiger partial charge in [0.05, 0.1) is 25.4 Å². The Kier molecular flexibility index (Phi) is 13.2. The number of likely N-dealkylation sites (tertiary alicyclic amines) is 1. The van der Waals surface area contributed by atoms with Gasteiger partial charge in [-0.2, -0.15) is 0 Å². The largest absolute Gasteiger partial charge is 0.493 e. The lowest BCUT2D eigenvalue weighted by Crippen LogP contribution is -2.40. The van der Waals surface area contributed by atoms with Gasteiger partial charge in [-0.05, 0) is 87.2 Å². The molecule has 1 saturated heterocycles. The average molecular weight is 651 g/mol. The fraction of sp³-hybridized carbons (Fsp3) is 0.444. The third kappa shape index (κ3) is 10.3. The molecule has 3 N–H and O–H groups in total. The maximum Gasteiger partial charge on any atom is 0.319 e. The first-order valence-electron chi connectivity index (χ1n) is 16.3. The van der Waals surface area contributed by atoms with Gasteiger partial charge < -0.3 is 39.8 Å². The average Bonchev–Trinajstić information content (AvgIpc) is 3.07. The Morgan fingerprint density at radius 1 is 0.957 bits per heavy atom. The van der Waals surface area contributed by atoms with Crippen LogP contribution >= 0.6 is 0 Å². The number of nitrogens with zero attached hydrogens (tertiary/aromatic N) is 1. The molecule has 47 heavy (non-hydrogen) atoms. The van der Waals surface area contributed by atoms with Crippen LogP contribution in [0.3, 0.4) is 0 Å². The van der Waals surface area contributed by atoms with Crippen LogP contribution in [0, 0.1) is 12.7 Å². The van der Waals surface area contributed by atoms with Crippen LogP contribution < -0.4 is 30.2 Å². The normalized spacial score (nSPS) is 14.3. The number of urea groups is 1. The van der Waals surface area contributed by atoms with E-state index in [1.807, 2.05) is 26.0 Å². The van der Waals surface area contributed by atoms with Crippen molar-refractivity contribution in [2.24, 2.45) is 0 Å². The number of benzene rings is 3. The van der Waals surface area contributed by atoms with E-state index in [1.54, 1.807) is 37.4 Å². The Hall–Kier alpha value is -4.35. The number of halogens is 1. The van der Waals surface area contributed by atoms with Crippen LogP contribution in [0.25, 0.3) is 0 Å². The number of ether oxygens (including phenoxy) is 4. The van der Waals surface area contributed by atoms with Gasteiger partial charge in [-0.1, -0.05) is 20.3 Å². The molecule has 1 atom stereocenters. The van der Waals surface area contributed by atoms with E-state index in [2.05, 4.69) is 27.8 Å². The highest BCUT2D eigenvalue weighted by Gasteiger charge is 2.21. The number of nitrogens with one attached hydrogen (secondary N) is 3. The molecule has 4 rings (SSSR count). The van der Waals surface area contributed by atoms with E-state index in [4.69, 9.17) is 18.9 Å². The SMILES string of the molecule is CCCCN1CCC(Oc2ccc(C(=O)Nc3ccc(Oc4cc(F)c(NC(=O)NC(CC)COC)cc4OC)cc3)cc2C)CC1. The molecule has 0 aliphatic carbocycles. The van der Waals surface area contributed by atoms with Crippen LogP contribution in [0.1, 0.15) is 61.9 Å². The zero-order valence-corrected chi connectivity index (χ0v) is 28.0. The second-order valence-corrected chi connectivity index (χ2v) is 11.7. The molecule has 254 valence electrons. The van der Waals surface area contributed by atoms with E-state index < -0.39 is 11.8 Å². The number of methoxy groups -OCH3 is 2. The first kappa shape index (κ1) is 35.5. The van der Waals surface area contributed by atoms with Gasteiger partial charge in [0, 0.05) is 43.6 Å². The molecular weight excluding hydrogens is 603 g/mol. The van der Waals surface area contributed by atoms with Crippen LogP contribution in [0.4, 0.5) is 20.6 Å². The quantitative estimate of drug-likeness (QED) is 0.158. The highest BCUT2D eigenvalue weighted by molar-refractivity contribution is 6.04. The van der Waals surface area contributed by atoms with Crippen molar-refractivity contribution in [3.63, 3.8) is 0 Å². The number of carbonyl (C=O) groups excluding carboxylic acids is 2. The van der Waals surface area contributed by atoms with E-state index in [0.717, 1.165) is 49.9 Å². The standard InChI is InChI=1S/C36H47FN4O6/c1-6-8-17-41-18-15-29(16-19-41)46-32-14-9-25(20-24(32)3)35(42)38-27-10-12-28(13-11-27)47-34-21-30(37)31(22-33(34)45-5)40-36(43)39-26(7-2)23-44-4/h9-14,20-22,26,29H,6-8,15-19,23H2,1-5H3,(H,38,42)(H2,39,40,43). The van der Waals surface area contributed by atoms with Gasteiger partial charge in [-0.3, -0.25) is 4.79 Å². The molecule has 0 bridgehead atoms. The summed E-state index contributed by atoms with van der Waals surface area (Å²) in [5, 5.41) is 8.15. The first-order chi connectivity index (χ1) is 22.7. The maximum atomic E-state index is 14.9. The van der Waals surface area contributed by atoms with Crippen LogP contribution in [-0.2, 0) is 4.74 Å². The maximum absolute atomic E-state index is 14.9. The molecule has 1 aliphatic heterocycles. The second-order valence-electron chi connectivity index (χ2n) is 11.7. The monoisotopic (exact) mass is 650 g/mol. The molecule has 0 aromatic heterocycles. The molecule has 1 fully saturated rings. The Balaban J connectivity index is 1.32. The third-order valence-corrected chi connectivity index (χ3v) is 8.13. The lowest BCUT2D eigenvalue weighted by Gasteiger charge is -2.32. The van der Waals surface area contributed by atoms with E-state index >= 15 is 0 Å². The van der Waals surface area contributed by atoms with E-state index in [0.29, 0.717) is 30.0 Å². The molecule has 0 spiro atoms. The van der Waals surface area contributed by atoms with Crippen molar-refractivity contribution >= 4 is 23.3 Å². The topological polar surface area (TPSA) is 110 Å². The second kappa shape index (κ2) is 17.5. The van der Waals surface area contributed by atoms with Crippen molar-refractivity contribution in [2.45, 2.75) is 65.0 Å². The Labute approximate surface area is 276 Å². The molecule has 1 heterocycles. The molecule has 3 aromatic carbocycles. The summed E-state index contributed by atoms with van der Waals surface area (Å²) < 4.78 is 37.6. The van der Waals surface area contributed by atoms with Crippen LogP contribution in [-0.4, -0.2) is 69.4 Å². The van der Waals surface area contributed by atoms with Crippen molar-refractivity contribution in [3.8, 4) is 23.0 Å². The molecule has 1 aliphatic rings. The number of anilines is 2. The molecular formula is C36H47FN4O6. The van der Waals surface area contributed by atoms with Crippen LogP contribution in [0.15, 0.2) is 54.6 Å². The summed E-state index contributed by atoms with van der Waals surface area (Å²) in [7, 11) is 2.97. The minimum Gasteiger partial charge on any atom is -0.493 e. The number of piperidine rings is 1. The van der Waals surface area contributed by atoms with Crippen molar-refractivity contribution < 1.29 is 32.9 Å². The Bertz CT molecular complexity index is 1480. The zero-order valence-electron chi connectivity index (χ0n) is 28.0. The van der Waals surface area contributed by atoms with Gasteiger partial charge >= 0.3 is 6.03 Å². The molecule has 0 radical (unpaired) electrons. The third-order valence-electron chi connectivity index (χ3n) is 8.13. The Morgan fingerprint density at radius 2 is 1.70 bits per heavy atom. The number of aryl methyl sites for hydroxylation is 1. The zero-order chi connectivity index (χ0) is 33.8. The van der Waals surface area contributed by atoms with Gasteiger partial charge in [0.15, 0.2) is 17.3 Å². The number of unbranched alkanes of at least 4 members (excludes halogenated alkanes) is 1. The predicted octanol–water partition coefficient (Wildman–Crippen LogP) is 7.38. The molecule has 10 nitrogen and oxygen atoms in total. The molecule has 11 heteroatoms. The number of hydrogen-bond donors (Lipinski definition) is 3. The Morgan fingerprint density at radius 3 is 2.34 bits per heavy atom. The highest BCUT2D eigenvalue weighted by Crippen LogP contribution is 2.36. The summed E-state index contributed by atoms with van der Waals surface area (Å²) in [4.78, 5) is 27.9. The van der Waals surface area contributed by atoms with Crippen LogP contribution in [0.2, 0.25) is 0 Å². The lowest BCUT2D eigenvalue weighted by atomic mass is 10.1. The van der Waals surface area contributed by atoms with E-state index in [9.17, 15) is 14.0 Å². The van der Waals surface area contributed by atoms with Crippen molar-refractivity contribution in [2.75, 3.05) is 51.1 Å². The van der Waals surface area contributed by atoms with Gasteiger partial charge in [0.2, 0.25) is 0 Å². The minimum atomic E-state index is -0.695. The summed E-state index contributed by atoms with van der Waals surface area (Å²) in [6.45, 7) is 9.68. The highest BCUT2D eigenvalue weighted by atomic mass is 19.1.